The number of hydrogen-bond acceptors (Lipinski definition) is 3. The number of nitrogens with one attached hydrogen (secondary N) is 1. The summed E-state index contributed by atoms with van der Waals surface area (Å²) in [6.07, 6.45) is 0. The molecule has 1 aliphatic heterocycles. The molecule has 25 heavy (non-hydrogen) atoms. The zero-order valence-electron chi connectivity index (χ0n) is 14.1. The van der Waals surface area contributed by atoms with Gasteiger partial charge in [0.15, 0.2) is 5.90 Å². The van der Waals surface area contributed by atoms with E-state index in [-0.39, 0.29) is 11.8 Å². The molecule has 3 nitrogen and oxygen atoms in total. The number of fused-ring (bicyclic) bond motifs is 2. The number of rotatable bonds is 3. The number of anilines is 2. The summed E-state index contributed by atoms with van der Waals surface area (Å²) in [5.74, 6) is 0.115. The molecular weight excluding hydrogens is 308 g/mol. The fraction of sp³-hybridized carbons (Fsp3) is 0.136. The van der Waals surface area contributed by atoms with Gasteiger partial charge in [0.05, 0.1) is 13.0 Å². The van der Waals surface area contributed by atoms with E-state index in [9.17, 15) is 0 Å². The standard InChI is InChI=1S/C22H20N2O/c1-25-22(23)21-17-11-5-7-13-19(17)24(15-16-9-3-2-4-10-16)20-14-8-6-12-18(20)21/h2-14,21,23H,15H2,1H3. The van der Waals surface area contributed by atoms with Crippen molar-refractivity contribution in [3.05, 3.63) is 95.6 Å². The Morgan fingerprint density at radius 3 is 1.92 bits per heavy atom. The highest BCUT2D eigenvalue weighted by Crippen LogP contribution is 2.46. The molecule has 0 amide bonds. The molecule has 0 fully saturated rings. The van der Waals surface area contributed by atoms with E-state index in [4.69, 9.17) is 10.1 Å². The van der Waals surface area contributed by atoms with E-state index in [0.717, 1.165) is 29.0 Å². The second-order valence-electron chi connectivity index (χ2n) is 6.19. The molecule has 0 radical (unpaired) electrons. The van der Waals surface area contributed by atoms with Crippen LogP contribution in [0.2, 0.25) is 0 Å². The molecule has 0 aliphatic carbocycles. The van der Waals surface area contributed by atoms with Crippen molar-refractivity contribution in [1.29, 1.82) is 5.41 Å². The number of hydrogen-bond donors (Lipinski definition) is 1. The Kier molecular flexibility index (Phi) is 3.98. The molecule has 3 heteroatoms. The second kappa shape index (κ2) is 6.44. The third-order valence-corrected chi connectivity index (χ3v) is 4.74. The monoisotopic (exact) mass is 328 g/mol. The van der Waals surface area contributed by atoms with Crippen LogP contribution in [0.1, 0.15) is 22.6 Å². The van der Waals surface area contributed by atoms with Gasteiger partial charge < -0.3 is 9.64 Å². The van der Waals surface area contributed by atoms with E-state index < -0.39 is 0 Å². The number of ether oxygens (including phenoxy) is 1. The summed E-state index contributed by atoms with van der Waals surface area (Å²) in [5.41, 5.74) is 5.76. The molecule has 3 aromatic carbocycles. The van der Waals surface area contributed by atoms with E-state index >= 15 is 0 Å². The van der Waals surface area contributed by atoms with Crippen molar-refractivity contribution in [1.82, 2.24) is 0 Å². The molecule has 1 heterocycles. The van der Waals surface area contributed by atoms with Gasteiger partial charge in [0.2, 0.25) is 0 Å². The summed E-state index contributed by atoms with van der Waals surface area (Å²) < 4.78 is 5.32. The van der Waals surface area contributed by atoms with Gasteiger partial charge in [0.1, 0.15) is 0 Å². The van der Waals surface area contributed by atoms with Crippen LogP contribution in [-0.4, -0.2) is 13.0 Å². The fourth-order valence-electron chi connectivity index (χ4n) is 3.59. The van der Waals surface area contributed by atoms with Crippen molar-refractivity contribution < 1.29 is 4.74 Å². The van der Waals surface area contributed by atoms with Gasteiger partial charge in [-0.05, 0) is 28.8 Å². The lowest BCUT2D eigenvalue weighted by molar-refractivity contribution is 0.383. The highest BCUT2D eigenvalue weighted by molar-refractivity contribution is 5.92. The Balaban J connectivity index is 1.88. The molecule has 1 N–H and O–H groups in total. The van der Waals surface area contributed by atoms with Crippen LogP contribution in [0.5, 0.6) is 0 Å². The predicted molar refractivity (Wildman–Crippen MR) is 102 cm³/mol. The lowest BCUT2D eigenvalue weighted by Crippen LogP contribution is -2.28. The highest BCUT2D eigenvalue weighted by atomic mass is 16.5. The van der Waals surface area contributed by atoms with Crippen LogP contribution in [0.3, 0.4) is 0 Å². The van der Waals surface area contributed by atoms with Crippen molar-refractivity contribution in [3.63, 3.8) is 0 Å². The molecule has 0 spiro atoms. The topological polar surface area (TPSA) is 36.3 Å². The minimum Gasteiger partial charge on any atom is -0.484 e. The molecule has 0 saturated carbocycles. The molecule has 1 aliphatic rings. The Morgan fingerprint density at radius 1 is 0.840 bits per heavy atom. The van der Waals surface area contributed by atoms with Gasteiger partial charge >= 0.3 is 0 Å². The van der Waals surface area contributed by atoms with Crippen molar-refractivity contribution in [2.75, 3.05) is 12.0 Å². The quantitative estimate of drug-likeness (QED) is 0.537. The summed E-state index contributed by atoms with van der Waals surface area (Å²) in [5, 5.41) is 8.34. The SMILES string of the molecule is COC(=N)C1c2ccccc2N(Cc2ccccc2)c2ccccc21. The summed E-state index contributed by atoms with van der Waals surface area (Å²) in [7, 11) is 1.57. The first-order chi connectivity index (χ1) is 12.3. The van der Waals surface area contributed by atoms with Crippen molar-refractivity contribution in [2.24, 2.45) is 0 Å². The average Bonchev–Trinajstić information content (AvgIpc) is 2.68. The zero-order chi connectivity index (χ0) is 17.2. The van der Waals surface area contributed by atoms with Crippen LogP contribution in [0.25, 0.3) is 0 Å². The molecule has 4 rings (SSSR count). The van der Waals surface area contributed by atoms with Crippen LogP contribution >= 0.6 is 0 Å². The molecule has 0 saturated heterocycles. The third kappa shape index (κ3) is 2.68. The van der Waals surface area contributed by atoms with E-state index in [2.05, 4.69) is 65.6 Å². The lowest BCUT2D eigenvalue weighted by Gasteiger charge is -2.37. The minimum atomic E-state index is -0.163. The lowest BCUT2D eigenvalue weighted by atomic mass is 9.84. The Bertz CT molecular complexity index is 857. The van der Waals surface area contributed by atoms with E-state index in [1.54, 1.807) is 7.11 Å². The number of benzene rings is 3. The first-order valence-corrected chi connectivity index (χ1v) is 8.41. The van der Waals surface area contributed by atoms with Gasteiger partial charge in [-0.15, -0.1) is 0 Å². The van der Waals surface area contributed by atoms with Crippen molar-refractivity contribution in [2.45, 2.75) is 12.5 Å². The highest BCUT2D eigenvalue weighted by Gasteiger charge is 2.33. The molecule has 0 unspecified atom stereocenters. The van der Waals surface area contributed by atoms with E-state index in [1.165, 1.54) is 5.56 Å². The maximum atomic E-state index is 8.34. The molecule has 0 aromatic heterocycles. The number of nitrogens with zero attached hydrogens (tertiary/aromatic N) is 1. The van der Waals surface area contributed by atoms with E-state index in [1.807, 2.05) is 18.2 Å². The van der Waals surface area contributed by atoms with Crippen molar-refractivity contribution >= 4 is 17.3 Å². The molecular formula is C22H20N2O. The van der Waals surface area contributed by atoms with Gasteiger partial charge in [-0.1, -0.05) is 66.7 Å². The van der Waals surface area contributed by atoms with Gasteiger partial charge in [0, 0.05) is 17.9 Å². The third-order valence-electron chi connectivity index (χ3n) is 4.74. The normalized spacial score (nSPS) is 13.1. The van der Waals surface area contributed by atoms with Gasteiger partial charge in [0.25, 0.3) is 0 Å². The fourth-order valence-corrected chi connectivity index (χ4v) is 3.59. The maximum absolute atomic E-state index is 8.34. The predicted octanol–water partition coefficient (Wildman–Crippen LogP) is 5.09. The van der Waals surface area contributed by atoms with Crippen molar-refractivity contribution in [3.8, 4) is 0 Å². The summed E-state index contributed by atoms with van der Waals surface area (Å²) in [4.78, 5) is 2.33. The van der Waals surface area contributed by atoms with Gasteiger partial charge in [-0.25, -0.2) is 0 Å². The Hall–Kier alpha value is -3.07. The maximum Gasteiger partial charge on any atom is 0.192 e. The molecule has 124 valence electrons. The molecule has 0 bridgehead atoms. The van der Waals surface area contributed by atoms with Crippen LogP contribution in [0.4, 0.5) is 11.4 Å². The van der Waals surface area contributed by atoms with Crippen LogP contribution < -0.4 is 4.90 Å². The van der Waals surface area contributed by atoms with Crippen LogP contribution in [-0.2, 0) is 11.3 Å². The summed E-state index contributed by atoms with van der Waals surface area (Å²) in [6, 6.07) is 27.1. The smallest absolute Gasteiger partial charge is 0.192 e. The summed E-state index contributed by atoms with van der Waals surface area (Å²) in [6.45, 7) is 0.794. The van der Waals surface area contributed by atoms with Crippen LogP contribution in [0.15, 0.2) is 78.9 Å². The number of methoxy groups -OCH3 is 1. The minimum absolute atomic E-state index is 0.163. The molecule has 3 aromatic rings. The van der Waals surface area contributed by atoms with Crippen LogP contribution in [0, 0.1) is 5.41 Å². The van der Waals surface area contributed by atoms with Gasteiger partial charge in [-0.2, -0.15) is 0 Å². The van der Waals surface area contributed by atoms with Gasteiger partial charge in [-0.3, -0.25) is 5.41 Å². The Labute approximate surface area is 148 Å². The second-order valence-corrected chi connectivity index (χ2v) is 6.19. The molecule has 0 atom stereocenters. The average molecular weight is 328 g/mol. The Morgan fingerprint density at radius 2 is 1.36 bits per heavy atom. The first kappa shape index (κ1) is 15.5. The largest absolute Gasteiger partial charge is 0.484 e. The summed E-state index contributed by atoms with van der Waals surface area (Å²) >= 11 is 0. The first-order valence-electron chi connectivity index (χ1n) is 8.41. The number of para-hydroxylation sites is 2. The zero-order valence-corrected chi connectivity index (χ0v) is 14.1. The van der Waals surface area contributed by atoms with E-state index in [0.29, 0.717) is 0 Å².